The average Bonchev–Trinajstić information content (AvgIpc) is 2.44. The molecule has 8 heteroatoms. The van der Waals surface area contributed by atoms with Crippen LogP contribution in [-0.4, -0.2) is 33.5 Å². The lowest BCUT2D eigenvalue weighted by molar-refractivity contribution is -0.135. The molecule has 6 nitrogen and oxygen atoms in total. The Balaban J connectivity index is 2.38. The van der Waals surface area contributed by atoms with Gasteiger partial charge < -0.3 is 5.11 Å². The van der Waals surface area contributed by atoms with Crippen LogP contribution in [0.2, 0.25) is 10.2 Å². The third-order valence-electron chi connectivity index (χ3n) is 2.50. The number of aromatic nitrogens is 2. The van der Waals surface area contributed by atoms with E-state index in [1.54, 1.807) is 18.2 Å². The van der Waals surface area contributed by atoms with E-state index in [1.807, 2.05) is 0 Å². The first-order valence-corrected chi connectivity index (χ1v) is 6.50. The van der Waals surface area contributed by atoms with Gasteiger partial charge in [0.25, 0.3) is 5.91 Å². The van der Waals surface area contributed by atoms with Crippen molar-refractivity contribution in [1.29, 1.82) is 0 Å². The van der Waals surface area contributed by atoms with Crippen molar-refractivity contribution < 1.29 is 14.7 Å². The summed E-state index contributed by atoms with van der Waals surface area (Å²) in [5, 5.41) is 9.50. The van der Waals surface area contributed by atoms with Crippen molar-refractivity contribution in [2.45, 2.75) is 0 Å². The second-order valence-electron chi connectivity index (χ2n) is 3.99. The zero-order valence-electron chi connectivity index (χ0n) is 10.5. The molecule has 0 fully saturated rings. The highest BCUT2D eigenvalue weighted by atomic mass is 35.5. The number of amides is 1. The van der Waals surface area contributed by atoms with E-state index >= 15 is 0 Å². The summed E-state index contributed by atoms with van der Waals surface area (Å²) < 4.78 is 0. The van der Waals surface area contributed by atoms with Crippen molar-refractivity contribution in [2.75, 3.05) is 11.4 Å². The standard InChI is InChI=1S/C13H9Cl2N3O3/c14-8-2-1-3-9(4-8)18(7-12(19)20)13(21)10-5-17-11(15)6-16-10/h1-6H,7H2,(H,19,20). The number of carboxylic acid groups (broad SMARTS) is 1. The van der Waals surface area contributed by atoms with Gasteiger partial charge in [-0.1, -0.05) is 29.3 Å². The number of aliphatic carboxylic acids is 1. The van der Waals surface area contributed by atoms with Gasteiger partial charge >= 0.3 is 5.97 Å². The van der Waals surface area contributed by atoms with Crippen molar-refractivity contribution >= 4 is 40.8 Å². The van der Waals surface area contributed by atoms with E-state index in [-0.39, 0.29) is 10.8 Å². The molecular formula is C13H9Cl2N3O3. The summed E-state index contributed by atoms with van der Waals surface area (Å²) in [5.74, 6) is -1.77. The van der Waals surface area contributed by atoms with E-state index in [4.69, 9.17) is 28.3 Å². The normalized spacial score (nSPS) is 10.2. The van der Waals surface area contributed by atoms with Crippen LogP contribution in [0, 0.1) is 0 Å². The zero-order valence-corrected chi connectivity index (χ0v) is 12.0. The second kappa shape index (κ2) is 6.51. The topological polar surface area (TPSA) is 83.4 Å². The van der Waals surface area contributed by atoms with Gasteiger partial charge in [0.2, 0.25) is 0 Å². The van der Waals surface area contributed by atoms with Crippen LogP contribution in [0.3, 0.4) is 0 Å². The molecule has 1 heterocycles. The molecule has 2 rings (SSSR count). The van der Waals surface area contributed by atoms with Crippen molar-refractivity contribution in [3.05, 3.63) is 52.5 Å². The summed E-state index contributed by atoms with van der Waals surface area (Å²) in [5.41, 5.74) is 0.340. The molecule has 0 aliphatic carbocycles. The predicted octanol–water partition coefficient (Wildman–Crippen LogP) is 2.51. The summed E-state index contributed by atoms with van der Waals surface area (Å²) >= 11 is 11.5. The Morgan fingerprint density at radius 1 is 1.19 bits per heavy atom. The lowest BCUT2D eigenvalue weighted by Gasteiger charge is -2.20. The van der Waals surface area contributed by atoms with E-state index in [1.165, 1.54) is 18.5 Å². The maximum Gasteiger partial charge on any atom is 0.323 e. The first-order chi connectivity index (χ1) is 9.97. The molecule has 2 aromatic rings. The number of carbonyl (C=O) groups excluding carboxylic acids is 1. The van der Waals surface area contributed by atoms with Crippen LogP contribution in [0.25, 0.3) is 0 Å². The lowest BCUT2D eigenvalue weighted by atomic mass is 10.2. The fourth-order valence-electron chi connectivity index (χ4n) is 1.62. The monoisotopic (exact) mass is 325 g/mol. The van der Waals surface area contributed by atoms with Crippen LogP contribution in [0.15, 0.2) is 36.7 Å². The third kappa shape index (κ3) is 3.90. The Hall–Kier alpha value is -2.18. The molecular weight excluding hydrogens is 317 g/mol. The Labute approximate surface area is 130 Å². The Bertz CT molecular complexity index is 677. The van der Waals surface area contributed by atoms with Gasteiger partial charge in [-0.25, -0.2) is 9.97 Å². The molecule has 0 aliphatic heterocycles. The Morgan fingerprint density at radius 2 is 1.95 bits per heavy atom. The molecule has 0 unspecified atom stereocenters. The molecule has 0 saturated heterocycles. The predicted molar refractivity (Wildman–Crippen MR) is 77.8 cm³/mol. The fraction of sp³-hybridized carbons (Fsp3) is 0.0769. The molecule has 108 valence electrons. The van der Waals surface area contributed by atoms with Gasteiger partial charge in [-0.05, 0) is 18.2 Å². The number of rotatable bonds is 4. The van der Waals surface area contributed by atoms with E-state index in [0.29, 0.717) is 10.7 Å². The smallest absolute Gasteiger partial charge is 0.323 e. The van der Waals surface area contributed by atoms with Crippen LogP contribution in [0.4, 0.5) is 5.69 Å². The summed E-state index contributed by atoms with van der Waals surface area (Å²) in [6.07, 6.45) is 2.40. The third-order valence-corrected chi connectivity index (χ3v) is 2.93. The molecule has 0 aliphatic rings. The van der Waals surface area contributed by atoms with Crippen molar-refractivity contribution in [2.24, 2.45) is 0 Å². The van der Waals surface area contributed by atoms with Gasteiger partial charge in [0, 0.05) is 10.7 Å². The van der Waals surface area contributed by atoms with Gasteiger partial charge in [0.15, 0.2) is 0 Å². The second-order valence-corrected chi connectivity index (χ2v) is 4.81. The van der Waals surface area contributed by atoms with Crippen LogP contribution in [0.5, 0.6) is 0 Å². The number of hydrogen-bond acceptors (Lipinski definition) is 4. The van der Waals surface area contributed by atoms with Gasteiger partial charge in [0.1, 0.15) is 17.4 Å². The van der Waals surface area contributed by atoms with E-state index in [9.17, 15) is 9.59 Å². The summed E-state index contributed by atoms with van der Waals surface area (Å²) in [7, 11) is 0. The summed E-state index contributed by atoms with van der Waals surface area (Å²) in [6, 6.07) is 6.31. The Morgan fingerprint density at radius 3 is 2.52 bits per heavy atom. The van der Waals surface area contributed by atoms with E-state index in [0.717, 1.165) is 4.90 Å². The molecule has 1 aromatic heterocycles. The maximum absolute atomic E-state index is 12.4. The minimum absolute atomic E-state index is 0.0133. The van der Waals surface area contributed by atoms with E-state index < -0.39 is 18.4 Å². The Kier molecular flexibility index (Phi) is 4.72. The van der Waals surface area contributed by atoms with Crippen LogP contribution in [-0.2, 0) is 4.79 Å². The van der Waals surface area contributed by atoms with Crippen molar-refractivity contribution in [1.82, 2.24) is 9.97 Å². The molecule has 0 saturated carbocycles. The lowest BCUT2D eigenvalue weighted by Crippen LogP contribution is -2.36. The molecule has 0 spiro atoms. The maximum atomic E-state index is 12.4. The average molecular weight is 326 g/mol. The highest BCUT2D eigenvalue weighted by Gasteiger charge is 2.22. The molecule has 1 amide bonds. The largest absolute Gasteiger partial charge is 0.480 e. The number of anilines is 1. The van der Waals surface area contributed by atoms with Gasteiger partial charge in [0.05, 0.1) is 12.4 Å². The molecule has 1 N–H and O–H groups in total. The number of carbonyl (C=O) groups is 2. The number of hydrogen-bond donors (Lipinski definition) is 1. The van der Waals surface area contributed by atoms with Crippen LogP contribution >= 0.6 is 23.2 Å². The highest BCUT2D eigenvalue weighted by Crippen LogP contribution is 2.21. The molecule has 0 atom stereocenters. The summed E-state index contributed by atoms with van der Waals surface area (Å²) in [6.45, 7) is -0.524. The van der Waals surface area contributed by atoms with Gasteiger partial charge in [-0.3, -0.25) is 14.5 Å². The molecule has 0 radical (unpaired) electrons. The molecule has 21 heavy (non-hydrogen) atoms. The van der Waals surface area contributed by atoms with Crippen LogP contribution in [0.1, 0.15) is 10.5 Å². The van der Waals surface area contributed by atoms with Crippen LogP contribution < -0.4 is 4.90 Å². The first-order valence-electron chi connectivity index (χ1n) is 5.74. The van der Waals surface area contributed by atoms with E-state index in [2.05, 4.69) is 9.97 Å². The van der Waals surface area contributed by atoms with Crippen molar-refractivity contribution in [3.63, 3.8) is 0 Å². The minimum atomic E-state index is -1.16. The minimum Gasteiger partial charge on any atom is -0.480 e. The first kappa shape index (κ1) is 15.2. The van der Waals surface area contributed by atoms with Gasteiger partial charge in [-0.15, -0.1) is 0 Å². The number of benzene rings is 1. The van der Waals surface area contributed by atoms with Gasteiger partial charge in [-0.2, -0.15) is 0 Å². The quantitative estimate of drug-likeness (QED) is 0.933. The number of nitrogens with zero attached hydrogens (tertiary/aromatic N) is 3. The molecule has 1 aromatic carbocycles. The van der Waals surface area contributed by atoms with Crippen molar-refractivity contribution in [3.8, 4) is 0 Å². The highest BCUT2D eigenvalue weighted by molar-refractivity contribution is 6.31. The number of halogens is 2. The fourth-order valence-corrected chi connectivity index (χ4v) is 1.90. The summed E-state index contributed by atoms with van der Waals surface area (Å²) in [4.78, 5) is 32.0. The zero-order chi connectivity index (χ0) is 15.4. The number of carboxylic acids is 1. The SMILES string of the molecule is O=C(O)CN(C(=O)c1cnc(Cl)cn1)c1cccc(Cl)c1. The molecule has 0 bridgehead atoms.